The van der Waals surface area contributed by atoms with E-state index in [1.165, 1.54) is 0 Å². The Labute approximate surface area is 129 Å². The second-order valence-electron chi connectivity index (χ2n) is 5.52. The van der Waals surface area contributed by atoms with Crippen LogP contribution in [0.4, 0.5) is 11.7 Å². The average Bonchev–Trinajstić information content (AvgIpc) is 2.98. The highest BCUT2D eigenvalue weighted by Gasteiger charge is 2.23. The van der Waals surface area contributed by atoms with Crippen LogP contribution < -0.4 is 9.80 Å². The van der Waals surface area contributed by atoms with Crippen molar-refractivity contribution in [2.45, 2.75) is 19.8 Å². The maximum Gasteiger partial charge on any atom is 0.324 e. The Kier molecular flexibility index (Phi) is 4.01. The van der Waals surface area contributed by atoms with Gasteiger partial charge >= 0.3 is 6.01 Å². The normalized spacial score (nSPS) is 15.8. The van der Waals surface area contributed by atoms with Crippen LogP contribution >= 0.6 is 11.6 Å². The van der Waals surface area contributed by atoms with E-state index in [0.29, 0.717) is 6.01 Å². The zero-order valence-corrected chi connectivity index (χ0v) is 13.0. The third-order valence-corrected chi connectivity index (χ3v) is 4.01. The molecule has 5 nitrogen and oxygen atoms in total. The first-order chi connectivity index (χ1) is 10.1. The van der Waals surface area contributed by atoms with Gasteiger partial charge in [-0.2, -0.15) is 4.98 Å². The summed E-state index contributed by atoms with van der Waals surface area (Å²) < 4.78 is 5.35. The van der Waals surface area contributed by atoms with Crippen LogP contribution in [0.25, 0.3) is 0 Å². The van der Waals surface area contributed by atoms with E-state index in [1.807, 2.05) is 18.2 Å². The number of anilines is 2. The summed E-state index contributed by atoms with van der Waals surface area (Å²) in [5.41, 5.74) is 1.09. The molecular weight excluding hydrogens is 288 g/mol. The number of hydrogen-bond donors (Lipinski definition) is 0. The largest absolute Gasteiger partial charge is 0.367 e. The van der Waals surface area contributed by atoms with E-state index < -0.39 is 0 Å². The lowest BCUT2D eigenvalue weighted by atomic mass is 10.2. The zero-order valence-electron chi connectivity index (χ0n) is 12.3. The topological polar surface area (TPSA) is 45.4 Å². The molecule has 0 bridgehead atoms. The molecule has 1 fully saturated rings. The number of piperazine rings is 1. The van der Waals surface area contributed by atoms with Crippen molar-refractivity contribution in [3.05, 3.63) is 35.1 Å². The molecule has 1 saturated heterocycles. The van der Waals surface area contributed by atoms with Gasteiger partial charge in [0.25, 0.3) is 0 Å². The number of benzene rings is 1. The van der Waals surface area contributed by atoms with Crippen molar-refractivity contribution in [1.29, 1.82) is 0 Å². The van der Waals surface area contributed by atoms with Crippen molar-refractivity contribution >= 4 is 23.3 Å². The van der Waals surface area contributed by atoms with E-state index in [9.17, 15) is 0 Å². The molecule has 1 aromatic carbocycles. The molecule has 0 spiro atoms. The van der Waals surface area contributed by atoms with Crippen LogP contribution in [0.2, 0.25) is 5.02 Å². The van der Waals surface area contributed by atoms with Crippen molar-refractivity contribution in [3.8, 4) is 0 Å². The summed E-state index contributed by atoms with van der Waals surface area (Å²) in [6.45, 7) is 7.61. The van der Waals surface area contributed by atoms with Crippen molar-refractivity contribution in [2.24, 2.45) is 0 Å². The van der Waals surface area contributed by atoms with Gasteiger partial charge in [-0.15, -0.1) is 0 Å². The molecule has 0 radical (unpaired) electrons. The molecule has 0 unspecified atom stereocenters. The maximum absolute atomic E-state index is 6.25. The smallest absolute Gasteiger partial charge is 0.324 e. The Bertz CT molecular complexity index is 605. The fourth-order valence-electron chi connectivity index (χ4n) is 2.44. The zero-order chi connectivity index (χ0) is 14.8. The first-order valence-electron chi connectivity index (χ1n) is 7.23. The first kappa shape index (κ1) is 14.2. The molecule has 0 N–H and O–H groups in total. The number of rotatable bonds is 3. The van der Waals surface area contributed by atoms with E-state index in [-0.39, 0.29) is 5.92 Å². The summed E-state index contributed by atoms with van der Waals surface area (Å²) in [7, 11) is 0. The molecule has 1 aromatic heterocycles. The van der Waals surface area contributed by atoms with Gasteiger partial charge in [-0.1, -0.05) is 42.7 Å². The lowest BCUT2D eigenvalue weighted by Crippen LogP contribution is -2.46. The van der Waals surface area contributed by atoms with Crippen LogP contribution in [0.1, 0.15) is 25.6 Å². The molecule has 3 rings (SSSR count). The first-order valence-corrected chi connectivity index (χ1v) is 7.61. The lowest BCUT2D eigenvalue weighted by molar-refractivity contribution is 0.400. The fraction of sp³-hybridized carbons (Fsp3) is 0.467. The maximum atomic E-state index is 6.25. The van der Waals surface area contributed by atoms with Crippen LogP contribution in [-0.2, 0) is 0 Å². The fourth-order valence-corrected chi connectivity index (χ4v) is 2.69. The summed E-state index contributed by atoms with van der Waals surface area (Å²) in [6, 6.07) is 8.57. The average molecular weight is 307 g/mol. The molecule has 6 heteroatoms. The molecule has 112 valence electrons. The van der Waals surface area contributed by atoms with E-state index >= 15 is 0 Å². The summed E-state index contributed by atoms with van der Waals surface area (Å²) in [5.74, 6) is 1.05. The number of aromatic nitrogens is 2. The molecule has 1 aliphatic heterocycles. The summed E-state index contributed by atoms with van der Waals surface area (Å²) in [4.78, 5) is 8.87. The Morgan fingerprint density at radius 1 is 1.10 bits per heavy atom. The Morgan fingerprint density at radius 3 is 2.38 bits per heavy atom. The predicted molar refractivity (Wildman–Crippen MR) is 84.3 cm³/mol. The highest BCUT2D eigenvalue weighted by atomic mass is 35.5. The molecule has 2 heterocycles. The Balaban J connectivity index is 1.66. The van der Waals surface area contributed by atoms with Crippen molar-refractivity contribution in [2.75, 3.05) is 36.0 Å². The van der Waals surface area contributed by atoms with Gasteiger partial charge in [0.1, 0.15) is 0 Å². The Hall–Kier alpha value is -1.75. The number of halogens is 1. The van der Waals surface area contributed by atoms with Crippen LogP contribution in [-0.4, -0.2) is 36.3 Å². The van der Waals surface area contributed by atoms with Crippen LogP contribution in [0.5, 0.6) is 0 Å². The van der Waals surface area contributed by atoms with Crippen molar-refractivity contribution in [1.82, 2.24) is 10.1 Å². The SMILES string of the molecule is CC(C)c1noc(N2CCN(c3ccccc3Cl)CC2)n1. The molecule has 0 atom stereocenters. The van der Waals surface area contributed by atoms with Gasteiger partial charge in [-0.25, -0.2) is 0 Å². The lowest BCUT2D eigenvalue weighted by Gasteiger charge is -2.35. The van der Waals surface area contributed by atoms with E-state index in [1.54, 1.807) is 0 Å². The van der Waals surface area contributed by atoms with Gasteiger partial charge in [0.05, 0.1) is 10.7 Å². The molecule has 0 amide bonds. The Morgan fingerprint density at radius 2 is 1.76 bits per heavy atom. The molecular formula is C15H19ClN4O. The van der Waals surface area contributed by atoms with E-state index in [0.717, 1.165) is 42.7 Å². The van der Waals surface area contributed by atoms with Crippen LogP contribution in [0.3, 0.4) is 0 Å². The van der Waals surface area contributed by atoms with Crippen molar-refractivity contribution < 1.29 is 4.52 Å². The quantitative estimate of drug-likeness (QED) is 0.871. The van der Waals surface area contributed by atoms with Gasteiger partial charge in [-0.05, 0) is 12.1 Å². The summed E-state index contributed by atoms with van der Waals surface area (Å²) >= 11 is 6.25. The molecule has 21 heavy (non-hydrogen) atoms. The second-order valence-corrected chi connectivity index (χ2v) is 5.92. The third-order valence-electron chi connectivity index (χ3n) is 3.69. The van der Waals surface area contributed by atoms with Gasteiger partial charge in [0, 0.05) is 32.1 Å². The highest BCUT2D eigenvalue weighted by molar-refractivity contribution is 6.33. The highest BCUT2D eigenvalue weighted by Crippen LogP contribution is 2.27. The summed E-state index contributed by atoms with van der Waals surface area (Å²) in [5, 5.41) is 4.82. The number of nitrogens with zero attached hydrogens (tertiary/aromatic N) is 4. The molecule has 1 aliphatic rings. The third kappa shape index (κ3) is 2.97. The minimum Gasteiger partial charge on any atom is -0.367 e. The van der Waals surface area contributed by atoms with Crippen LogP contribution in [0.15, 0.2) is 28.8 Å². The predicted octanol–water partition coefficient (Wildman–Crippen LogP) is 3.17. The summed E-state index contributed by atoms with van der Waals surface area (Å²) in [6.07, 6.45) is 0. The van der Waals surface area contributed by atoms with E-state index in [2.05, 4.69) is 39.9 Å². The van der Waals surface area contributed by atoms with Gasteiger partial charge in [0.2, 0.25) is 0 Å². The standard InChI is InChI=1S/C15H19ClN4O/c1-11(2)14-17-15(21-18-14)20-9-7-19(8-10-20)13-6-4-3-5-12(13)16/h3-6,11H,7-10H2,1-2H3. The number of para-hydroxylation sites is 1. The number of hydrogen-bond acceptors (Lipinski definition) is 5. The monoisotopic (exact) mass is 306 g/mol. The second kappa shape index (κ2) is 5.93. The minimum absolute atomic E-state index is 0.284. The van der Waals surface area contributed by atoms with Gasteiger partial charge in [0.15, 0.2) is 5.82 Å². The van der Waals surface area contributed by atoms with Crippen LogP contribution in [0, 0.1) is 0 Å². The molecule has 0 saturated carbocycles. The molecule has 0 aliphatic carbocycles. The molecule has 2 aromatic rings. The van der Waals surface area contributed by atoms with Gasteiger partial charge < -0.3 is 14.3 Å². The van der Waals surface area contributed by atoms with Crippen molar-refractivity contribution in [3.63, 3.8) is 0 Å². The van der Waals surface area contributed by atoms with E-state index in [4.69, 9.17) is 16.1 Å². The van der Waals surface area contributed by atoms with Gasteiger partial charge in [-0.3, -0.25) is 0 Å². The minimum atomic E-state index is 0.284.